The maximum absolute atomic E-state index is 12.1. The zero-order chi connectivity index (χ0) is 18.9. The molecular weight excluding hydrogens is 340 g/mol. The highest BCUT2D eigenvalue weighted by Gasteiger charge is 2.07. The summed E-state index contributed by atoms with van der Waals surface area (Å²) in [7, 11) is 1.57. The van der Waals surface area contributed by atoms with Gasteiger partial charge in [-0.1, -0.05) is 42.5 Å². The van der Waals surface area contributed by atoms with Crippen LogP contribution in [0.3, 0.4) is 0 Å². The van der Waals surface area contributed by atoms with Gasteiger partial charge in [0.1, 0.15) is 0 Å². The van der Waals surface area contributed by atoms with Crippen molar-refractivity contribution < 1.29 is 14.3 Å². The van der Waals surface area contributed by atoms with Crippen LogP contribution in [0.2, 0.25) is 0 Å². The molecule has 0 saturated heterocycles. The van der Waals surface area contributed by atoms with Gasteiger partial charge in [0.25, 0.3) is 5.91 Å². The first-order valence-electron chi connectivity index (χ1n) is 8.68. The first-order valence-corrected chi connectivity index (χ1v) is 8.68. The molecule has 0 atom stereocenters. The van der Waals surface area contributed by atoms with Crippen LogP contribution in [-0.2, 0) is 11.3 Å². The highest BCUT2D eigenvalue weighted by atomic mass is 16.5. The van der Waals surface area contributed by atoms with E-state index >= 15 is 0 Å². The first-order chi connectivity index (χ1) is 13.2. The van der Waals surface area contributed by atoms with Crippen molar-refractivity contribution in [1.29, 1.82) is 0 Å². The second-order valence-corrected chi connectivity index (χ2v) is 5.90. The third-order valence-electron chi connectivity index (χ3n) is 3.94. The van der Waals surface area contributed by atoms with Crippen molar-refractivity contribution in [1.82, 2.24) is 0 Å². The average molecular weight is 362 g/mol. The third-order valence-corrected chi connectivity index (χ3v) is 3.94. The molecule has 1 amide bonds. The van der Waals surface area contributed by atoms with Crippen molar-refractivity contribution in [2.45, 2.75) is 6.54 Å². The summed E-state index contributed by atoms with van der Waals surface area (Å²) in [5.41, 5.74) is 2.92. The third kappa shape index (κ3) is 5.51. The van der Waals surface area contributed by atoms with Crippen molar-refractivity contribution in [3.63, 3.8) is 0 Å². The number of hydrogen-bond donors (Lipinski definition) is 2. The first kappa shape index (κ1) is 18.3. The van der Waals surface area contributed by atoms with E-state index in [-0.39, 0.29) is 12.5 Å². The molecule has 5 heteroatoms. The molecule has 5 nitrogen and oxygen atoms in total. The fourth-order valence-electron chi connectivity index (χ4n) is 2.55. The Hall–Kier alpha value is -3.47. The fourth-order valence-corrected chi connectivity index (χ4v) is 2.55. The molecule has 3 aromatic carbocycles. The molecule has 3 rings (SSSR count). The van der Waals surface area contributed by atoms with Crippen molar-refractivity contribution >= 4 is 17.3 Å². The minimum Gasteiger partial charge on any atom is -0.493 e. The standard InChI is InChI=1S/C22H22N2O3/c1-26-20-9-5-6-10-21(20)27-16-22(25)24-19-13-11-18(12-14-19)23-15-17-7-3-2-4-8-17/h2-14,23H,15-16H2,1H3,(H,24,25). The number of hydrogen-bond acceptors (Lipinski definition) is 4. The smallest absolute Gasteiger partial charge is 0.262 e. The number of anilines is 2. The molecule has 0 saturated carbocycles. The van der Waals surface area contributed by atoms with Gasteiger partial charge in [0, 0.05) is 17.9 Å². The second kappa shape index (κ2) is 9.29. The minimum atomic E-state index is -0.231. The van der Waals surface area contributed by atoms with Gasteiger partial charge in [0.15, 0.2) is 18.1 Å². The number of ether oxygens (including phenoxy) is 2. The lowest BCUT2D eigenvalue weighted by Crippen LogP contribution is -2.20. The molecule has 0 fully saturated rings. The summed E-state index contributed by atoms with van der Waals surface area (Å²) >= 11 is 0. The van der Waals surface area contributed by atoms with Crippen LogP contribution in [0.15, 0.2) is 78.9 Å². The maximum atomic E-state index is 12.1. The Morgan fingerprint density at radius 1 is 0.815 bits per heavy atom. The molecule has 0 unspecified atom stereocenters. The molecule has 2 N–H and O–H groups in total. The van der Waals surface area contributed by atoms with E-state index in [0.717, 1.165) is 12.2 Å². The molecule has 27 heavy (non-hydrogen) atoms. The van der Waals surface area contributed by atoms with E-state index in [1.54, 1.807) is 19.2 Å². The van der Waals surface area contributed by atoms with Crippen molar-refractivity contribution in [3.05, 3.63) is 84.4 Å². The van der Waals surface area contributed by atoms with E-state index in [2.05, 4.69) is 22.8 Å². The number of nitrogens with one attached hydrogen (secondary N) is 2. The Bertz CT molecular complexity index is 864. The van der Waals surface area contributed by atoms with Crippen LogP contribution in [0, 0.1) is 0 Å². The largest absolute Gasteiger partial charge is 0.493 e. The molecule has 0 bridgehead atoms. The summed E-state index contributed by atoms with van der Waals surface area (Å²) in [6, 6.07) is 25.0. The molecule has 138 valence electrons. The summed E-state index contributed by atoms with van der Waals surface area (Å²) in [6.07, 6.45) is 0. The van der Waals surface area contributed by atoms with Crippen LogP contribution in [0.1, 0.15) is 5.56 Å². The van der Waals surface area contributed by atoms with Crippen LogP contribution in [0.4, 0.5) is 11.4 Å². The molecule has 0 aliphatic carbocycles. The van der Waals surface area contributed by atoms with Crippen molar-refractivity contribution in [3.8, 4) is 11.5 Å². The SMILES string of the molecule is COc1ccccc1OCC(=O)Nc1ccc(NCc2ccccc2)cc1. The van der Waals surface area contributed by atoms with Crippen LogP contribution in [0.25, 0.3) is 0 Å². The second-order valence-electron chi connectivity index (χ2n) is 5.90. The molecule has 3 aromatic rings. The normalized spacial score (nSPS) is 10.1. The molecular formula is C22H22N2O3. The van der Waals surface area contributed by atoms with Gasteiger partial charge in [-0.25, -0.2) is 0 Å². The fraction of sp³-hybridized carbons (Fsp3) is 0.136. The predicted octanol–water partition coefficient (Wildman–Crippen LogP) is 4.32. The number of para-hydroxylation sites is 2. The van der Waals surface area contributed by atoms with Crippen LogP contribution < -0.4 is 20.1 Å². The van der Waals surface area contributed by atoms with Gasteiger partial charge >= 0.3 is 0 Å². The van der Waals surface area contributed by atoms with E-state index in [0.29, 0.717) is 17.2 Å². The minimum absolute atomic E-state index is 0.0889. The molecule has 0 radical (unpaired) electrons. The monoisotopic (exact) mass is 362 g/mol. The zero-order valence-electron chi connectivity index (χ0n) is 15.1. The number of benzene rings is 3. The zero-order valence-corrected chi connectivity index (χ0v) is 15.1. The van der Waals surface area contributed by atoms with E-state index in [4.69, 9.17) is 9.47 Å². The maximum Gasteiger partial charge on any atom is 0.262 e. The number of rotatable bonds is 8. The Kier molecular flexibility index (Phi) is 6.30. The molecule has 0 spiro atoms. The lowest BCUT2D eigenvalue weighted by Gasteiger charge is -2.11. The van der Waals surface area contributed by atoms with Crippen LogP contribution in [0.5, 0.6) is 11.5 Å². The molecule has 0 aromatic heterocycles. The van der Waals surface area contributed by atoms with Gasteiger partial charge in [0.2, 0.25) is 0 Å². The number of carbonyl (C=O) groups excluding carboxylic acids is 1. The highest BCUT2D eigenvalue weighted by molar-refractivity contribution is 5.92. The van der Waals surface area contributed by atoms with Gasteiger partial charge < -0.3 is 20.1 Å². The molecule has 0 aliphatic rings. The Balaban J connectivity index is 1.48. The number of amides is 1. The van der Waals surface area contributed by atoms with E-state index < -0.39 is 0 Å². The van der Waals surface area contributed by atoms with Gasteiger partial charge in [-0.2, -0.15) is 0 Å². The molecule has 0 aliphatic heterocycles. The highest BCUT2D eigenvalue weighted by Crippen LogP contribution is 2.25. The summed E-state index contributed by atoms with van der Waals surface area (Å²) in [4.78, 5) is 12.1. The Morgan fingerprint density at radius 2 is 1.44 bits per heavy atom. The van der Waals surface area contributed by atoms with Crippen molar-refractivity contribution in [2.24, 2.45) is 0 Å². The number of methoxy groups -OCH3 is 1. The van der Waals surface area contributed by atoms with E-state index in [9.17, 15) is 4.79 Å². The van der Waals surface area contributed by atoms with Crippen LogP contribution in [-0.4, -0.2) is 19.6 Å². The predicted molar refractivity (Wildman–Crippen MR) is 107 cm³/mol. The van der Waals surface area contributed by atoms with Gasteiger partial charge in [-0.15, -0.1) is 0 Å². The average Bonchev–Trinajstić information content (AvgIpc) is 2.72. The van der Waals surface area contributed by atoms with Gasteiger partial charge in [0.05, 0.1) is 7.11 Å². The van der Waals surface area contributed by atoms with Gasteiger partial charge in [-0.3, -0.25) is 4.79 Å². The number of carbonyl (C=O) groups is 1. The van der Waals surface area contributed by atoms with E-state index in [1.807, 2.05) is 54.6 Å². The molecule has 0 heterocycles. The summed E-state index contributed by atoms with van der Waals surface area (Å²) in [6.45, 7) is 0.660. The quantitative estimate of drug-likeness (QED) is 0.626. The summed E-state index contributed by atoms with van der Waals surface area (Å²) in [5.74, 6) is 0.903. The lowest BCUT2D eigenvalue weighted by atomic mass is 10.2. The Labute approximate surface area is 158 Å². The van der Waals surface area contributed by atoms with Crippen molar-refractivity contribution in [2.75, 3.05) is 24.4 Å². The van der Waals surface area contributed by atoms with Crippen LogP contribution >= 0.6 is 0 Å². The van der Waals surface area contributed by atoms with E-state index in [1.165, 1.54) is 5.56 Å². The Morgan fingerprint density at radius 3 is 2.15 bits per heavy atom. The topological polar surface area (TPSA) is 59.6 Å². The lowest BCUT2D eigenvalue weighted by molar-refractivity contribution is -0.118. The summed E-state index contributed by atoms with van der Waals surface area (Å²) in [5, 5.41) is 6.17. The van der Waals surface area contributed by atoms with Gasteiger partial charge in [-0.05, 0) is 42.0 Å². The summed E-state index contributed by atoms with van der Waals surface area (Å²) < 4.78 is 10.7.